The number of piperidine rings is 1. The fourth-order valence-electron chi connectivity index (χ4n) is 5.07. The lowest BCUT2D eigenvalue weighted by Crippen LogP contribution is -2.40. The second-order valence-corrected chi connectivity index (χ2v) is 9.21. The summed E-state index contributed by atoms with van der Waals surface area (Å²) in [6, 6.07) is 8.40. The summed E-state index contributed by atoms with van der Waals surface area (Å²) >= 11 is 0. The highest BCUT2D eigenvalue weighted by Gasteiger charge is 2.25. The highest BCUT2D eigenvalue weighted by atomic mass is 16.2. The van der Waals surface area contributed by atoms with Crippen LogP contribution in [0.4, 0.5) is 0 Å². The average Bonchev–Trinajstić information content (AvgIpc) is 3.19. The molecule has 3 aromatic rings. The Morgan fingerprint density at radius 1 is 1.19 bits per heavy atom. The zero-order chi connectivity index (χ0) is 22.2. The predicted octanol–water partition coefficient (Wildman–Crippen LogP) is 3.15. The van der Waals surface area contributed by atoms with Crippen LogP contribution in [-0.4, -0.2) is 69.2 Å². The third-order valence-corrected chi connectivity index (χ3v) is 6.82. The molecule has 0 N–H and O–H groups in total. The van der Waals surface area contributed by atoms with Gasteiger partial charge < -0.3 is 9.80 Å². The lowest BCUT2D eigenvalue weighted by Gasteiger charge is -2.32. The van der Waals surface area contributed by atoms with Crippen LogP contribution in [0.1, 0.15) is 40.0 Å². The van der Waals surface area contributed by atoms with Crippen LogP contribution in [0.15, 0.2) is 36.7 Å². The first-order valence-corrected chi connectivity index (χ1v) is 11.4. The zero-order valence-corrected chi connectivity index (χ0v) is 19.1. The van der Waals surface area contributed by atoms with Crippen molar-refractivity contribution in [1.82, 2.24) is 29.5 Å². The topological polar surface area (TPSA) is 67.2 Å². The van der Waals surface area contributed by atoms with E-state index < -0.39 is 0 Å². The van der Waals surface area contributed by atoms with Gasteiger partial charge in [-0.3, -0.25) is 4.79 Å². The Morgan fingerprint density at radius 2 is 2.00 bits per heavy atom. The van der Waals surface area contributed by atoms with Crippen LogP contribution < -0.4 is 0 Å². The summed E-state index contributed by atoms with van der Waals surface area (Å²) in [5.74, 6) is 1.03. The van der Waals surface area contributed by atoms with E-state index in [4.69, 9.17) is 4.98 Å². The second kappa shape index (κ2) is 8.47. The number of fused-ring (bicyclic) bond motifs is 3. The number of aromatic nitrogens is 4. The van der Waals surface area contributed by atoms with Gasteiger partial charge in [-0.25, -0.2) is 14.6 Å². The van der Waals surface area contributed by atoms with Gasteiger partial charge in [-0.2, -0.15) is 5.10 Å². The van der Waals surface area contributed by atoms with Crippen molar-refractivity contribution in [1.29, 1.82) is 0 Å². The molecule has 1 aliphatic carbocycles. The summed E-state index contributed by atoms with van der Waals surface area (Å²) in [5, 5.41) is 4.49. The molecule has 3 heterocycles. The Balaban J connectivity index is 1.39. The number of hydrogen-bond acceptors (Lipinski definition) is 5. The molecule has 1 saturated heterocycles. The summed E-state index contributed by atoms with van der Waals surface area (Å²) in [6.07, 6.45) is 7.87. The van der Waals surface area contributed by atoms with Crippen LogP contribution in [0.5, 0.6) is 0 Å². The van der Waals surface area contributed by atoms with E-state index >= 15 is 0 Å². The maximum atomic E-state index is 13.2. The summed E-state index contributed by atoms with van der Waals surface area (Å²) in [4.78, 5) is 26.8. The van der Waals surface area contributed by atoms with Crippen LogP contribution in [0.3, 0.4) is 0 Å². The molecular weight excluding hydrogens is 400 g/mol. The molecule has 7 nitrogen and oxygen atoms in total. The van der Waals surface area contributed by atoms with Gasteiger partial charge in [-0.1, -0.05) is 24.3 Å². The standard InChI is InChI=1S/C25H30N6O/c1-17-22(24(32)30(3)16-18-7-6-12-29(2)15-18)14-27-31(17)25-26-13-20-11-10-19-8-4-5-9-21(19)23(20)28-25/h4-5,8-9,13-14,18H,6-7,10-12,15-16H2,1-3H3/t18-/m1/s1. The minimum Gasteiger partial charge on any atom is -0.341 e. The molecule has 0 unspecified atom stereocenters. The fraction of sp³-hybridized carbons (Fsp3) is 0.440. The molecule has 1 atom stereocenters. The Kier molecular flexibility index (Phi) is 5.51. The highest BCUT2D eigenvalue weighted by Crippen LogP contribution is 2.32. The van der Waals surface area contributed by atoms with Crippen LogP contribution in [0, 0.1) is 12.8 Å². The zero-order valence-electron chi connectivity index (χ0n) is 19.1. The van der Waals surface area contributed by atoms with Crippen molar-refractivity contribution in [2.45, 2.75) is 32.6 Å². The fourth-order valence-corrected chi connectivity index (χ4v) is 5.07. The molecule has 0 bridgehead atoms. The average molecular weight is 431 g/mol. The number of carbonyl (C=O) groups excluding carboxylic acids is 1. The molecule has 1 amide bonds. The molecule has 2 aliphatic rings. The molecule has 166 valence electrons. The van der Waals surface area contributed by atoms with Gasteiger partial charge in [0.2, 0.25) is 0 Å². The maximum Gasteiger partial charge on any atom is 0.257 e. The smallest absolute Gasteiger partial charge is 0.257 e. The van der Waals surface area contributed by atoms with Gasteiger partial charge >= 0.3 is 0 Å². The largest absolute Gasteiger partial charge is 0.341 e. The molecule has 32 heavy (non-hydrogen) atoms. The molecule has 0 saturated carbocycles. The molecule has 1 aromatic carbocycles. The maximum absolute atomic E-state index is 13.2. The van der Waals surface area contributed by atoms with E-state index in [2.05, 4.69) is 40.2 Å². The third kappa shape index (κ3) is 3.81. The Hall–Kier alpha value is -3.06. The van der Waals surface area contributed by atoms with Gasteiger partial charge in [-0.15, -0.1) is 0 Å². The number of carbonyl (C=O) groups is 1. The molecule has 0 radical (unpaired) electrons. The molecule has 1 fully saturated rings. The SMILES string of the molecule is Cc1c(C(=O)N(C)C[C@@H]2CCCN(C)C2)cnn1-c1ncc2c(n1)-c1ccccc1CC2. The van der Waals surface area contributed by atoms with Crippen molar-refractivity contribution in [2.24, 2.45) is 5.92 Å². The number of rotatable bonds is 4. The summed E-state index contributed by atoms with van der Waals surface area (Å²) in [6.45, 7) is 4.87. The number of hydrogen-bond donors (Lipinski definition) is 0. The minimum absolute atomic E-state index is 0.00489. The Bertz CT molecular complexity index is 1150. The van der Waals surface area contributed by atoms with Crippen LogP contribution in [0.25, 0.3) is 17.2 Å². The molecule has 0 spiro atoms. The summed E-state index contributed by atoms with van der Waals surface area (Å²) in [7, 11) is 4.04. The normalized spacial score (nSPS) is 18.2. The lowest BCUT2D eigenvalue weighted by molar-refractivity contribution is 0.0740. The molecule has 5 rings (SSSR count). The number of benzene rings is 1. The molecule has 2 aromatic heterocycles. The van der Waals surface area contributed by atoms with E-state index in [9.17, 15) is 4.79 Å². The van der Waals surface area contributed by atoms with Crippen molar-refractivity contribution in [3.8, 4) is 17.2 Å². The molecular formula is C25H30N6O. The first-order chi connectivity index (χ1) is 15.5. The van der Waals surface area contributed by atoms with Gasteiger partial charge in [0.25, 0.3) is 11.9 Å². The number of likely N-dealkylation sites (tertiary alicyclic amines) is 1. The van der Waals surface area contributed by atoms with E-state index in [1.807, 2.05) is 31.1 Å². The van der Waals surface area contributed by atoms with E-state index in [0.717, 1.165) is 55.0 Å². The van der Waals surface area contributed by atoms with Gasteiger partial charge in [0.05, 0.1) is 23.1 Å². The Labute approximate surface area is 189 Å². The van der Waals surface area contributed by atoms with E-state index in [0.29, 0.717) is 17.4 Å². The predicted molar refractivity (Wildman–Crippen MR) is 124 cm³/mol. The minimum atomic E-state index is 0.00489. The molecule has 7 heteroatoms. The van der Waals surface area contributed by atoms with Crippen LogP contribution in [-0.2, 0) is 12.8 Å². The lowest BCUT2D eigenvalue weighted by atomic mass is 9.90. The summed E-state index contributed by atoms with van der Waals surface area (Å²) < 4.78 is 1.69. The number of amides is 1. The van der Waals surface area contributed by atoms with E-state index in [1.54, 1.807) is 10.9 Å². The third-order valence-electron chi connectivity index (χ3n) is 6.82. The van der Waals surface area contributed by atoms with Crippen molar-refractivity contribution >= 4 is 5.91 Å². The van der Waals surface area contributed by atoms with E-state index in [-0.39, 0.29) is 5.91 Å². The quantitative estimate of drug-likeness (QED) is 0.636. The van der Waals surface area contributed by atoms with Gasteiger partial charge in [0, 0.05) is 31.9 Å². The van der Waals surface area contributed by atoms with Crippen LogP contribution in [0.2, 0.25) is 0 Å². The van der Waals surface area contributed by atoms with E-state index in [1.165, 1.54) is 18.4 Å². The summed E-state index contributed by atoms with van der Waals surface area (Å²) in [5.41, 5.74) is 5.98. The van der Waals surface area contributed by atoms with Crippen molar-refractivity contribution in [3.63, 3.8) is 0 Å². The van der Waals surface area contributed by atoms with Crippen molar-refractivity contribution in [3.05, 3.63) is 59.0 Å². The monoisotopic (exact) mass is 430 g/mol. The Morgan fingerprint density at radius 3 is 2.84 bits per heavy atom. The van der Waals surface area contributed by atoms with Gasteiger partial charge in [-0.05, 0) is 63.2 Å². The highest BCUT2D eigenvalue weighted by molar-refractivity contribution is 5.95. The van der Waals surface area contributed by atoms with Gasteiger partial charge in [0.1, 0.15) is 0 Å². The van der Waals surface area contributed by atoms with Gasteiger partial charge in [0.15, 0.2) is 0 Å². The van der Waals surface area contributed by atoms with Crippen LogP contribution >= 0.6 is 0 Å². The second-order valence-electron chi connectivity index (χ2n) is 9.21. The number of nitrogens with zero attached hydrogens (tertiary/aromatic N) is 6. The first kappa shape index (κ1) is 20.8. The molecule has 1 aliphatic heterocycles. The van der Waals surface area contributed by atoms with Crippen molar-refractivity contribution in [2.75, 3.05) is 33.7 Å². The van der Waals surface area contributed by atoms with Crippen molar-refractivity contribution < 1.29 is 4.79 Å². The first-order valence-electron chi connectivity index (χ1n) is 11.4. The number of aryl methyl sites for hydroxylation is 2.